The molecule has 1 N–H and O–H groups in total. The van der Waals surface area contributed by atoms with Crippen LogP contribution in [0.25, 0.3) is 0 Å². The van der Waals surface area contributed by atoms with E-state index in [2.05, 4.69) is 4.72 Å². The van der Waals surface area contributed by atoms with Gasteiger partial charge in [-0.2, -0.15) is 0 Å². The average Bonchev–Trinajstić information content (AvgIpc) is 2.76. The fraction of sp³-hybridized carbons (Fsp3) is 0.941. The summed E-state index contributed by atoms with van der Waals surface area (Å²) in [5, 5.41) is 0. The van der Waals surface area contributed by atoms with Gasteiger partial charge in [0.25, 0.3) is 0 Å². The SMILES string of the molecule is CC(C)(C)OC(=O)N1CCC2(CC1)CO[C@H]1CC(C)(C)[S@@+]([O-])NC12. The van der Waals surface area contributed by atoms with Gasteiger partial charge in [0, 0.05) is 36.3 Å². The molecule has 0 aromatic heterocycles. The summed E-state index contributed by atoms with van der Waals surface area (Å²) in [5.41, 5.74) is -0.490. The Labute approximate surface area is 147 Å². The Bertz CT molecular complexity index is 497. The molecule has 24 heavy (non-hydrogen) atoms. The van der Waals surface area contributed by atoms with Gasteiger partial charge in [0.15, 0.2) is 0 Å². The first kappa shape index (κ1) is 18.3. The third kappa shape index (κ3) is 3.41. The predicted molar refractivity (Wildman–Crippen MR) is 93.0 cm³/mol. The highest BCUT2D eigenvalue weighted by Gasteiger charge is 2.58. The number of amides is 1. The van der Waals surface area contributed by atoms with Gasteiger partial charge in [-0.3, -0.25) is 0 Å². The van der Waals surface area contributed by atoms with Gasteiger partial charge in [0.05, 0.1) is 18.8 Å². The van der Waals surface area contributed by atoms with Crippen LogP contribution in [0.4, 0.5) is 4.79 Å². The second kappa shape index (κ2) is 6.04. The van der Waals surface area contributed by atoms with Crippen molar-refractivity contribution in [3.8, 4) is 0 Å². The van der Waals surface area contributed by atoms with Crippen molar-refractivity contribution in [3.63, 3.8) is 0 Å². The third-order valence-electron chi connectivity index (χ3n) is 5.46. The van der Waals surface area contributed by atoms with E-state index in [4.69, 9.17) is 9.47 Å². The lowest BCUT2D eigenvalue weighted by Gasteiger charge is -2.46. The van der Waals surface area contributed by atoms with Crippen LogP contribution in [0, 0.1) is 5.41 Å². The molecule has 0 aliphatic carbocycles. The van der Waals surface area contributed by atoms with Crippen LogP contribution in [0.3, 0.4) is 0 Å². The smallest absolute Gasteiger partial charge is 0.410 e. The van der Waals surface area contributed by atoms with Crippen molar-refractivity contribution in [2.75, 3.05) is 19.7 Å². The number of carbonyl (C=O) groups excluding carboxylic acids is 1. The molecule has 3 saturated heterocycles. The number of nitrogens with zero attached hydrogens (tertiary/aromatic N) is 1. The molecule has 0 aromatic rings. The van der Waals surface area contributed by atoms with E-state index >= 15 is 0 Å². The van der Waals surface area contributed by atoms with Crippen LogP contribution in [0.5, 0.6) is 0 Å². The lowest BCUT2D eigenvalue weighted by Crippen LogP contribution is -2.62. The van der Waals surface area contributed by atoms with Crippen molar-refractivity contribution < 1.29 is 18.8 Å². The van der Waals surface area contributed by atoms with Gasteiger partial charge in [-0.1, -0.05) is 0 Å². The molecule has 3 atom stereocenters. The molecule has 6 nitrogen and oxygen atoms in total. The Kier molecular flexibility index (Phi) is 4.60. The molecular formula is C17H30N2O4S. The number of hydrogen-bond acceptors (Lipinski definition) is 5. The summed E-state index contributed by atoms with van der Waals surface area (Å²) in [7, 11) is 0. The first-order chi connectivity index (χ1) is 11.0. The lowest BCUT2D eigenvalue weighted by molar-refractivity contribution is 0.00646. The summed E-state index contributed by atoms with van der Waals surface area (Å²) < 4.78 is 27.1. The normalized spacial score (nSPS) is 34.9. The molecule has 0 radical (unpaired) electrons. The number of hydrogen-bond donors (Lipinski definition) is 1. The number of ether oxygens (including phenoxy) is 2. The van der Waals surface area contributed by atoms with Crippen molar-refractivity contribution in [1.29, 1.82) is 0 Å². The van der Waals surface area contributed by atoms with Gasteiger partial charge in [0.2, 0.25) is 0 Å². The second-order valence-electron chi connectivity index (χ2n) is 9.01. The predicted octanol–water partition coefficient (Wildman–Crippen LogP) is 2.21. The fourth-order valence-electron chi connectivity index (χ4n) is 3.98. The van der Waals surface area contributed by atoms with Crippen molar-refractivity contribution >= 4 is 17.5 Å². The van der Waals surface area contributed by atoms with E-state index in [0.29, 0.717) is 19.7 Å². The van der Waals surface area contributed by atoms with E-state index in [-0.39, 0.29) is 28.4 Å². The summed E-state index contributed by atoms with van der Waals surface area (Å²) >= 11 is -1.06. The molecule has 3 aliphatic rings. The quantitative estimate of drug-likeness (QED) is 0.672. The summed E-state index contributed by atoms with van der Waals surface area (Å²) in [6.07, 6.45) is 2.41. The molecule has 1 unspecified atom stereocenters. The highest BCUT2D eigenvalue weighted by Crippen LogP contribution is 2.47. The van der Waals surface area contributed by atoms with Gasteiger partial charge >= 0.3 is 6.09 Å². The van der Waals surface area contributed by atoms with Gasteiger partial charge < -0.3 is 18.9 Å². The van der Waals surface area contributed by atoms with Gasteiger partial charge in [0.1, 0.15) is 10.3 Å². The number of fused-ring (bicyclic) bond motifs is 2. The number of nitrogens with one attached hydrogen (secondary N) is 1. The van der Waals surface area contributed by atoms with Crippen molar-refractivity contribution in [3.05, 3.63) is 0 Å². The zero-order valence-corrected chi connectivity index (χ0v) is 16.2. The van der Waals surface area contributed by atoms with E-state index < -0.39 is 17.0 Å². The molecule has 1 amide bonds. The van der Waals surface area contributed by atoms with E-state index in [9.17, 15) is 9.35 Å². The average molecular weight is 359 g/mol. The second-order valence-corrected chi connectivity index (χ2v) is 10.9. The largest absolute Gasteiger partial charge is 0.598 e. The first-order valence-corrected chi connectivity index (χ1v) is 9.95. The minimum atomic E-state index is -1.06. The van der Waals surface area contributed by atoms with E-state index in [1.54, 1.807) is 4.90 Å². The molecule has 0 saturated carbocycles. The number of piperidine rings is 1. The highest BCUT2D eigenvalue weighted by molar-refractivity contribution is 7.90. The van der Waals surface area contributed by atoms with Crippen LogP contribution in [0.15, 0.2) is 0 Å². The van der Waals surface area contributed by atoms with E-state index in [1.807, 2.05) is 34.6 Å². The number of carbonyl (C=O) groups is 1. The van der Waals surface area contributed by atoms with E-state index in [0.717, 1.165) is 19.3 Å². The van der Waals surface area contributed by atoms with E-state index in [1.165, 1.54) is 0 Å². The molecule has 0 aromatic carbocycles. The molecule has 138 valence electrons. The maximum atomic E-state index is 12.5. The zero-order chi connectivity index (χ0) is 17.8. The molecule has 3 heterocycles. The lowest BCUT2D eigenvalue weighted by atomic mass is 9.72. The molecule has 3 fully saturated rings. The molecule has 3 rings (SSSR count). The summed E-state index contributed by atoms with van der Waals surface area (Å²) in [6.45, 7) is 11.7. The number of rotatable bonds is 0. The van der Waals surface area contributed by atoms with Gasteiger partial charge in [-0.15, -0.1) is 4.72 Å². The first-order valence-electron chi connectivity index (χ1n) is 8.80. The Balaban J connectivity index is 1.63. The standard InChI is InChI=1S/C17H30N2O4S/c1-15(2,3)23-14(20)19-8-6-17(7-9-19)11-22-12-10-16(4,5)24(21)18-13(12)17/h12-13,18H,6-11H2,1-5H3/t12-,13?,24+/m0/s1. The molecular weight excluding hydrogens is 328 g/mol. The van der Waals surface area contributed by atoms with Crippen LogP contribution in [-0.4, -0.2) is 57.7 Å². The molecule has 0 bridgehead atoms. The summed E-state index contributed by atoms with van der Waals surface area (Å²) in [5.74, 6) is 0. The maximum absolute atomic E-state index is 12.5. The maximum Gasteiger partial charge on any atom is 0.410 e. The summed E-state index contributed by atoms with van der Waals surface area (Å²) in [6, 6.07) is 0.118. The van der Waals surface area contributed by atoms with Crippen molar-refractivity contribution in [2.45, 2.75) is 76.4 Å². The topological polar surface area (TPSA) is 73.9 Å². The third-order valence-corrected chi connectivity index (χ3v) is 7.09. The Hall–Kier alpha value is -0.500. The summed E-state index contributed by atoms with van der Waals surface area (Å²) in [4.78, 5) is 14.0. The van der Waals surface area contributed by atoms with Crippen LogP contribution in [-0.2, 0) is 20.8 Å². The van der Waals surface area contributed by atoms with Crippen LogP contribution in [0.1, 0.15) is 53.9 Å². The van der Waals surface area contributed by atoms with Gasteiger partial charge in [-0.25, -0.2) is 4.79 Å². The molecule has 7 heteroatoms. The minimum Gasteiger partial charge on any atom is -0.598 e. The van der Waals surface area contributed by atoms with Crippen molar-refractivity contribution in [2.24, 2.45) is 5.41 Å². The highest BCUT2D eigenvalue weighted by atomic mass is 32.2. The molecule has 3 aliphatic heterocycles. The monoisotopic (exact) mass is 358 g/mol. The Morgan fingerprint density at radius 2 is 1.96 bits per heavy atom. The van der Waals surface area contributed by atoms with Crippen molar-refractivity contribution in [1.82, 2.24) is 9.62 Å². The zero-order valence-electron chi connectivity index (χ0n) is 15.4. The molecule has 1 spiro atoms. The van der Waals surface area contributed by atoms with Crippen LogP contribution in [0.2, 0.25) is 0 Å². The van der Waals surface area contributed by atoms with Crippen LogP contribution < -0.4 is 4.72 Å². The Morgan fingerprint density at radius 1 is 1.33 bits per heavy atom. The Morgan fingerprint density at radius 3 is 2.54 bits per heavy atom. The minimum absolute atomic E-state index is 0.0185. The van der Waals surface area contributed by atoms with Gasteiger partial charge in [-0.05, 0) is 47.5 Å². The van der Waals surface area contributed by atoms with Crippen LogP contribution >= 0.6 is 0 Å². The fourth-order valence-corrected chi connectivity index (χ4v) is 5.25. The number of likely N-dealkylation sites (tertiary alicyclic amines) is 1.